The lowest BCUT2D eigenvalue weighted by atomic mass is 9.91. The Labute approximate surface area is 275 Å². The van der Waals surface area contributed by atoms with Crippen LogP contribution in [0.15, 0.2) is 30.2 Å². The molecule has 0 bridgehead atoms. The Balaban J connectivity index is -0.000000298. The predicted octanol–water partition coefficient (Wildman–Crippen LogP) is 6.68. The summed E-state index contributed by atoms with van der Waals surface area (Å²) in [4.78, 5) is 59.6. The highest BCUT2D eigenvalue weighted by Crippen LogP contribution is 2.22. The number of hydrogen-bond donors (Lipinski definition) is 2. The highest BCUT2D eigenvalue weighted by atomic mass is 32.2. The van der Waals surface area contributed by atoms with E-state index in [1.54, 1.807) is 30.8 Å². The molecule has 0 fully saturated rings. The highest BCUT2D eigenvalue weighted by Gasteiger charge is 2.27. The van der Waals surface area contributed by atoms with Crippen molar-refractivity contribution in [3.8, 4) is 0 Å². The number of rotatable bonds is 14. The molecule has 0 atom stereocenters. The second-order valence-corrected chi connectivity index (χ2v) is 12.2. The molecule has 1 amide bonds. The van der Waals surface area contributed by atoms with Gasteiger partial charge in [0.25, 0.3) is 5.24 Å². The topological polar surface area (TPSA) is 163 Å². The molecule has 0 aromatic carbocycles. The lowest BCUT2D eigenvalue weighted by Crippen LogP contribution is -2.30. The first kappa shape index (κ1) is 48.6. The zero-order valence-electron chi connectivity index (χ0n) is 27.4. The molecule has 0 aliphatic carbocycles. The standard InChI is InChI=1S/C13H21N3O3S.C11H18O4.C6H12O2.2CH4/c1-5-13(2,3)10(17)19-9-7-15-12(18)20-11-14-6-8-16(11)4;1-5-9(12)14-7-8-15-10(13)11(3,4)6-2;1-4-6(2,3)5(7)8;;/h6,8H,5,7,9H2,1-4H3,(H,15,18);5H,1,6-8H2,2-4H3;4H2,1-3H3,(H,7,8);2*1H4. The number of nitrogens with one attached hydrogen (secondary N) is 1. The molecule has 0 unspecified atom stereocenters. The van der Waals surface area contributed by atoms with Crippen LogP contribution in [-0.4, -0.2) is 70.1 Å². The first-order valence-electron chi connectivity index (χ1n) is 14.1. The zero-order chi connectivity index (χ0) is 33.9. The quantitative estimate of drug-likeness (QED) is 0.0719. The van der Waals surface area contributed by atoms with E-state index in [0.29, 0.717) is 31.0 Å². The molecule has 12 nitrogen and oxygen atoms in total. The van der Waals surface area contributed by atoms with Crippen LogP contribution in [0, 0.1) is 16.2 Å². The van der Waals surface area contributed by atoms with Gasteiger partial charge in [-0.15, -0.1) is 0 Å². The first-order valence-corrected chi connectivity index (χ1v) is 14.9. The monoisotopic (exact) mass is 661 g/mol. The van der Waals surface area contributed by atoms with Gasteiger partial charge in [-0.05, 0) is 60.8 Å². The summed E-state index contributed by atoms with van der Waals surface area (Å²) in [6.45, 7) is 20.3. The number of esters is 3. The van der Waals surface area contributed by atoms with Gasteiger partial charge in [0.2, 0.25) is 0 Å². The predicted molar refractivity (Wildman–Crippen MR) is 179 cm³/mol. The fourth-order valence-electron chi connectivity index (χ4n) is 2.03. The summed E-state index contributed by atoms with van der Waals surface area (Å²) in [6, 6.07) is 0. The molecule has 0 saturated carbocycles. The van der Waals surface area contributed by atoms with Crippen LogP contribution in [0.4, 0.5) is 4.79 Å². The van der Waals surface area contributed by atoms with Crippen LogP contribution in [0.25, 0.3) is 0 Å². The largest absolute Gasteiger partial charge is 0.481 e. The van der Waals surface area contributed by atoms with Crippen LogP contribution in [0.1, 0.15) is 96.4 Å². The minimum absolute atomic E-state index is 0. The second kappa shape index (κ2) is 24.0. The SMILES string of the molecule is C.C.C=CC(=O)OCCOC(=O)C(C)(C)CC.CCC(C)(C)C(=O)O.CCC(C)(C)C(=O)OCCNC(=O)Sc1nccn1C. The summed E-state index contributed by atoms with van der Waals surface area (Å²) in [7, 11) is 1.82. The van der Waals surface area contributed by atoms with Crippen LogP contribution in [-0.2, 0) is 40.4 Å². The van der Waals surface area contributed by atoms with Crippen LogP contribution < -0.4 is 5.32 Å². The van der Waals surface area contributed by atoms with Crippen molar-refractivity contribution in [3.05, 3.63) is 25.0 Å². The van der Waals surface area contributed by atoms with Gasteiger partial charge in [0, 0.05) is 37.3 Å². The maximum Gasteiger partial charge on any atom is 0.330 e. The molecule has 262 valence electrons. The van der Waals surface area contributed by atoms with Crippen LogP contribution >= 0.6 is 11.8 Å². The molecule has 1 rings (SSSR count). The van der Waals surface area contributed by atoms with E-state index in [-0.39, 0.29) is 51.9 Å². The Hall–Kier alpha value is -3.35. The van der Waals surface area contributed by atoms with E-state index >= 15 is 0 Å². The molecule has 0 saturated heterocycles. The Kier molecular flexibility index (Phi) is 25.8. The summed E-state index contributed by atoms with van der Waals surface area (Å²) >= 11 is 1.01. The summed E-state index contributed by atoms with van der Waals surface area (Å²) in [5.41, 5.74) is -1.51. The van der Waals surface area contributed by atoms with Gasteiger partial charge < -0.3 is 29.2 Å². The number of imidazole rings is 1. The average molecular weight is 662 g/mol. The van der Waals surface area contributed by atoms with Crippen molar-refractivity contribution in [1.82, 2.24) is 14.9 Å². The van der Waals surface area contributed by atoms with Crippen molar-refractivity contribution >= 4 is 40.9 Å². The number of carboxylic acid groups (broad SMARTS) is 1. The normalized spacial score (nSPS) is 10.5. The lowest BCUT2D eigenvalue weighted by Gasteiger charge is -2.20. The first-order chi connectivity index (χ1) is 19.8. The number of ether oxygens (including phenoxy) is 3. The van der Waals surface area contributed by atoms with Crippen molar-refractivity contribution in [3.63, 3.8) is 0 Å². The third-order valence-corrected chi connectivity index (χ3v) is 7.53. The van der Waals surface area contributed by atoms with Crippen LogP contribution in [0.5, 0.6) is 0 Å². The summed E-state index contributed by atoms with van der Waals surface area (Å²) in [5.74, 6) is -1.76. The third-order valence-electron chi connectivity index (χ3n) is 6.63. The van der Waals surface area contributed by atoms with Gasteiger partial charge in [-0.2, -0.15) is 0 Å². The van der Waals surface area contributed by atoms with E-state index in [4.69, 9.17) is 14.6 Å². The number of hydrogen-bond acceptors (Lipinski definition) is 10. The van der Waals surface area contributed by atoms with Gasteiger partial charge >= 0.3 is 23.9 Å². The molecule has 1 aromatic rings. The Bertz CT molecular complexity index is 1050. The van der Waals surface area contributed by atoms with Crippen molar-refractivity contribution in [2.75, 3.05) is 26.4 Å². The zero-order valence-corrected chi connectivity index (χ0v) is 28.2. The van der Waals surface area contributed by atoms with Crippen LogP contribution in [0.2, 0.25) is 0 Å². The van der Waals surface area contributed by atoms with E-state index in [9.17, 15) is 24.0 Å². The van der Waals surface area contributed by atoms with E-state index < -0.39 is 28.2 Å². The summed E-state index contributed by atoms with van der Waals surface area (Å²) in [6.07, 6.45) is 6.57. The van der Waals surface area contributed by atoms with Crippen molar-refractivity contribution in [1.29, 1.82) is 0 Å². The minimum atomic E-state index is -0.722. The number of aliphatic carboxylic acids is 1. The molecular formula is C32H59N3O9S. The van der Waals surface area contributed by atoms with Crippen LogP contribution in [0.3, 0.4) is 0 Å². The number of carboxylic acids is 1. The molecule has 2 N–H and O–H groups in total. The minimum Gasteiger partial charge on any atom is -0.481 e. The number of amides is 1. The number of nitrogens with zero attached hydrogens (tertiary/aromatic N) is 2. The van der Waals surface area contributed by atoms with Gasteiger partial charge in [-0.1, -0.05) is 42.2 Å². The molecule has 13 heteroatoms. The number of thioether (sulfide) groups is 1. The molecule has 1 aromatic heterocycles. The summed E-state index contributed by atoms with van der Waals surface area (Å²) in [5, 5.41) is 11.5. The second-order valence-electron chi connectivity index (χ2n) is 11.3. The van der Waals surface area contributed by atoms with E-state index in [0.717, 1.165) is 17.8 Å². The van der Waals surface area contributed by atoms with E-state index in [1.165, 1.54) is 0 Å². The molecule has 0 aliphatic rings. The number of aryl methyl sites for hydroxylation is 1. The molecule has 0 radical (unpaired) electrons. The van der Waals surface area contributed by atoms with Crippen molar-refractivity contribution in [2.45, 2.75) is 102 Å². The molecule has 0 aliphatic heterocycles. The van der Waals surface area contributed by atoms with Crippen molar-refractivity contribution in [2.24, 2.45) is 23.3 Å². The fourth-order valence-corrected chi connectivity index (χ4v) is 2.69. The maximum atomic E-state index is 11.7. The smallest absolute Gasteiger partial charge is 0.330 e. The Morgan fingerprint density at radius 2 is 1.31 bits per heavy atom. The summed E-state index contributed by atoms with van der Waals surface area (Å²) < 4.78 is 16.5. The van der Waals surface area contributed by atoms with Gasteiger partial charge in [0.1, 0.15) is 19.8 Å². The number of carbonyl (C=O) groups excluding carboxylic acids is 4. The van der Waals surface area contributed by atoms with E-state index in [2.05, 4.69) is 21.6 Å². The molecule has 45 heavy (non-hydrogen) atoms. The van der Waals surface area contributed by atoms with Gasteiger partial charge in [-0.3, -0.25) is 19.2 Å². The Morgan fingerprint density at radius 3 is 1.67 bits per heavy atom. The van der Waals surface area contributed by atoms with Gasteiger partial charge in [0.15, 0.2) is 5.16 Å². The fraction of sp³-hybridized carbons (Fsp3) is 0.688. The highest BCUT2D eigenvalue weighted by molar-refractivity contribution is 8.13. The number of aromatic nitrogens is 2. The van der Waals surface area contributed by atoms with Gasteiger partial charge in [-0.25, -0.2) is 9.78 Å². The number of carbonyl (C=O) groups is 5. The molecule has 1 heterocycles. The van der Waals surface area contributed by atoms with Gasteiger partial charge in [0.05, 0.1) is 22.8 Å². The molecular weight excluding hydrogens is 602 g/mol. The lowest BCUT2D eigenvalue weighted by molar-refractivity contribution is -0.158. The maximum absolute atomic E-state index is 11.7. The average Bonchev–Trinajstić information content (AvgIpc) is 3.36. The third kappa shape index (κ3) is 21.1. The van der Waals surface area contributed by atoms with E-state index in [1.807, 2.05) is 55.5 Å². The van der Waals surface area contributed by atoms with Crippen molar-refractivity contribution < 1.29 is 43.3 Å². The molecule has 0 spiro atoms. The Morgan fingerprint density at radius 1 is 0.867 bits per heavy atom.